The summed E-state index contributed by atoms with van der Waals surface area (Å²) in [5, 5.41) is 4.44. The summed E-state index contributed by atoms with van der Waals surface area (Å²) in [6.07, 6.45) is 1.75. The molecule has 0 saturated carbocycles. The van der Waals surface area contributed by atoms with Gasteiger partial charge in [0.1, 0.15) is 11.6 Å². The van der Waals surface area contributed by atoms with Crippen molar-refractivity contribution in [3.63, 3.8) is 0 Å². The molecule has 28 heavy (non-hydrogen) atoms. The van der Waals surface area contributed by atoms with Crippen molar-refractivity contribution in [3.05, 3.63) is 71.7 Å². The molecule has 2 heterocycles. The van der Waals surface area contributed by atoms with Crippen LogP contribution in [0.25, 0.3) is 22.2 Å². The predicted octanol–water partition coefficient (Wildman–Crippen LogP) is 4.75. The van der Waals surface area contributed by atoms with Crippen LogP contribution in [0.3, 0.4) is 0 Å². The minimum Gasteiger partial charge on any atom is -0.363 e. The van der Waals surface area contributed by atoms with Crippen molar-refractivity contribution in [3.8, 4) is 11.3 Å². The Bertz CT molecular complexity index is 1120. The second-order valence-corrected chi connectivity index (χ2v) is 7.00. The van der Waals surface area contributed by atoms with Crippen LogP contribution in [0.1, 0.15) is 11.1 Å². The normalized spacial score (nSPS) is 11.0. The quantitative estimate of drug-likeness (QED) is 0.528. The number of benzene rings is 2. The highest BCUT2D eigenvalue weighted by Gasteiger charge is 2.10. The molecule has 0 aliphatic rings. The standard InChI is InChI=1S/C22H22FN5/c1-14-18-12-15(13-25-22-24-11-10-20(27-22)28(2)3)4-9-19(18)26-21(14)16-5-7-17(23)8-6-16/h4-12,26H,13H2,1-3H3,(H,24,25,27). The lowest BCUT2D eigenvalue weighted by molar-refractivity contribution is 0.628. The van der Waals surface area contributed by atoms with Gasteiger partial charge in [-0.15, -0.1) is 0 Å². The first kappa shape index (κ1) is 18.0. The Hall–Kier alpha value is -3.41. The summed E-state index contributed by atoms with van der Waals surface area (Å²) in [4.78, 5) is 14.2. The van der Waals surface area contributed by atoms with Gasteiger partial charge in [-0.2, -0.15) is 4.98 Å². The van der Waals surface area contributed by atoms with Gasteiger partial charge in [-0.3, -0.25) is 0 Å². The van der Waals surface area contributed by atoms with Gasteiger partial charge in [-0.1, -0.05) is 6.07 Å². The van der Waals surface area contributed by atoms with Crippen LogP contribution in [-0.2, 0) is 6.54 Å². The summed E-state index contributed by atoms with van der Waals surface area (Å²) in [5.74, 6) is 1.23. The van der Waals surface area contributed by atoms with Crippen molar-refractivity contribution in [2.24, 2.45) is 0 Å². The zero-order valence-corrected chi connectivity index (χ0v) is 16.1. The van der Waals surface area contributed by atoms with E-state index in [1.165, 1.54) is 12.1 Å². The lowest BCUT2D eigenvalue weighted by Crippen LogP contribution is -2.12. The third-order valence-corrected chi connectivity index (χ3v) is 4.81. The van der Waals surface area contributed by atoms with Crippen molar-refractivity contribution in [2.75, 3.05) is 24.3 Å². The number of aromatic nitrogens is 3. The average Bonchev–Trinajstić information content (AvgIpc) is 3.03. The van der Waals surface area contributed by atoms with Crippen LogP contribution < -0.4 is 10.2 Å². The number of hydrogen-bond donors (Lipinski definition) is 2. The number of halogens is 1. The van der Waals surface area contributed by atoms with Crippen molar-refractivity contribution in [1.29, 1.82) is 0 Å². The summed E-state index contributed by atoms with van der Waals surface area (Å²) in [6, 6.07) is 14.7. The van der Waals surface area contributed by atoms with E-state index in [-0.39, 0.29) is 5.82 Å². The molecule has 0 unspecified atom stereocenters. The van der Waals surface area contributed by atoms with Gasteiger partial charge in [0.2, 0.25) is 5.95 Å². The molecule has 0 spiro atoms. The number of aromatic amines is 1. The van der Waals surface area contributed by atoms with Gasteiger partial charge < -0.3 is 15.2 Å². The van der Waals surface area contributed by atoms with Crippen LogP contribution in [0, 0.1) is 12.7 Å². The maximum atomic E-state index is 13.2. The Balaban J connectivity index is 1.58. The first-order chi connectivity index (χ1) is 13.5. The van der Waals surface area contributed by atoms with Gasteiger partial charge in [0, 0.05) is 43.4 Å². The minimum atomic E-state index is -0.230. The van der Waals surface area contributed by atoms with E-state index >= 15 is 0 Å². The van der Waals surface area contributed by atoms with Gasteiger partial charge in [-0.25, -0.2) is 9.37 Å². The molecule has 4 rings (SSSR count). The first-order valence-corrected chi connectivity index (χ1v) is 9.12. The molecule has 0 radical (unpaired) electrons. The van der Waals surface area contributed by atoms with Crippen molar-refractivity contribution in [1.82, 2.24) is 15.0 Å². The highest BCUT2D eigenvalue weighted by atomic mass is 19.1. The van der Waals surface area contributed by atoms with Crippen molar-refractivity contribution in [2.45, 2.75) is 13.5 Å². The summed E-state index contributed by atoms with van der Waals surface area (Å²) < 4.78 is 13.2. The molecule has 0 bridgehead atoms. The van der Waals surface area contributed by atoms with Gasteiger partial charge >= 0.3 is 0 Å². The molecule has 6 heteroatoms. The van der Waals surface area contributed by atoms with E-state index in [0.717, 1.165) is 39.1 Å². The molecular formula is C22H22FN5. The average molecular weight is 375 g/mol. The van der Waals surface area contributed by atoms with Crippen LogP contribution in [0.4, 0.5) is 16.2 Å². The zero-order chi connectivity index (χ0) is 19.7. The molecule has 0 atom stereocenters. The second-order valence-electron chi connectivity index (χ2n) is 7.00. The molecule has 0 aliphatic carbocycles. The van der Waals surface area contributed by atoms with Crippen LogP contribution in [0.15, 0.2) is 54.7 Å². The fraction of sp³-hybridized carbons (Fsp3) is 0.182. The first-order valence-electron chi connectivity index (χ1n) is 9.12. The van der Waals surface area contributed by atoms with Crippen LogP contribution >= 0.6 is 0 Å². The smallest absolute Gasteiger partial charge is 0.224 e. The van der Waals surface area contributed by atoms with E-state index in [9.17, 15) is 4.39 Å². The molecule has 2 aromatic heterocycles. The topological polar surface area (TPSA) is 56.8 Å². The monoisotopic (exact) mass is 375 g/mol. The Labute approximate surface area is 163 Å². The lowest BCUT2D eigenvalue weighted by Gasteiger charge is -2.12. The molecule has 0 saturated heterocycles. The zero-order valence-electron chi connectivity index (χ0n) is 16.1. The molecule has 142 valence electrons. The fourth-order valence-electron chi connectivity index (χ4n) is 3.25. The summed E-state index contributed by atoms with van der Waals surface area (Å²) in [7, 11) is 3.90. The van der Waals surface area contributed by atoms with Gasteiger partial charge in [0.25, 0.3) is 0 Å². The molecule has 2 N–H and O–H groups in total. The number of rotatable bonds is 5. The molecule has 2 aromatic carbocycles. The highest BCUT2D eigenvalue weighted by molar-refractivity contribution is 5.91. The van der Waals surface area contributed by atoms with E-state index in [4.69, 9.17) is 0 Å². The van der Waals surface area contributed by atoms with E-state index in [2.05, 4.69) is 45.4 Å². The number of nitrogens with zero attached hydrogens (tertiary/aromatic N) is 3. The maximum Gasteiger partial charge on any atom is 0.224 e. The van der Waals surface area contributed by atoms with E-state index in [1.807, 2.05) is 25.1 Å². The van der Waals surface area contributed by atoms with Gasteiger partial charge in [-0.05, 0) is 66.1 Å². The lowest BCUT2D eigenvalue weighted by atomic mass is 10.1. The number of hydrogen-bond acceptors (Lipinski definition) is 4. The maximum absolute atomic E-state index is 13.2. The molecule has 0 amide bonds. The minimum absolute atomic E-state index is 0.230. The highest BCUT2D eigenvalue weighted by Crippen LogP contribution is 2.30. The number of fused-ring (bicyclic) bond motifs is 1. The summed E-state index contributed by atoms with van der Waals surface area (Å²) >= 11 is 0. The van der Waals surface area contributed by atoms with Crippen molar-refractivity contribution < 1.29 is 4.39 Å². The molecule has 0 fully saturated rings. The van der Waals surface area contributed by atoms with Crippen LogP contribution in [0.2, 0.25) is 0 Å². The number of anilines is 2. The van der Waals surface area contributed by atoms with Crippen molar-refractivity contribution >= 4 is 22.7 Å². The molecule has 5 nitrogen and oxygen atoms in total. The SMILES string of the molecule is Cc1c(-c2ccc(F)cc2)[nH]c2ccc(CNc3nccc(N(C)C)n3)cc12. The summed E-state index contributed by atoms with van der Waals surface area (Å²) in [5.41, 5.74) is 5.34. The van der Waals surface area contributed by atoms with E-state index in [0.29, 0.717) is 12.5 Å². The number of nitrogens with one attached hydrogen (secondary N) is 2. The summed E-state index contributed by atoms with van der Waals surface area (Å²) in [6.45, 7) is 2.71. The number of H-pyrrole nitrogens is 1. The molecule has 4 aromatic rings. The Kier molecular flexibility index (Phi) is 4.69. The third-order valence-electron chi connectivity index (χ3n) is 4.81. The van der Waals surface area contributed by atoms with E-state index in [1.54, 1.807) is 18.3 Å². The van der Waals surface area contributed by atoms with Gasteiger partial charge in [0.15, 0.2) is 0 Å². The Morgan fingerprint density at radius 3 is 2.61 bits per heavy atom. The van der Waals surface area contributed by atoms with Gasteiger partial charge in [0.05, 0.1) is 0 Å². The van der Waals surface area contributed by atoms with Crippen LogP contribution in [0.5, 0.6) is 0 Å². The predicted molar refractivity (Wildman–Crippen MR) is 112 cm³/mol. The fourth-order valence-corrected chi connectivity index (χ4v) is 3.25. The molecular weight excluding hydrogens is 353 g/mol. The Morgan fingerprint density at radius 2 is 1.86 bits per heavy atom. The number of aryl methyl sites for hydroxylation is 1. The largest absolute Gasteiger partial charge is 0.363 e. The second kappa shape index (κ2) is 7.31. The van der Waals surface area contributed by atoms with E-state index < -0.39 is 0 Å². The molecule has 0 aliphatic heterocycles. The third kappa shape index (κ3) is 3.53. The Morgan fingerprint density at radius 1 is 1.07 bits per heavy atom. The van der Waals surface area contributed by atoms with Crippen LogP contribution in [-0.4, -0.2) is 29.0 Å².